The number of imide groups is 1. The van der Waals surface area contributed by atoms with Gasteiger partial charge in [0.1, 0.15) is 5.78 Å². The summed E-state index contributed by atoms with van der Waals surface area (Å²) in [7, 11) is 0. The third kappa shape index (κ3) is 3.85. The molecule has 0 aliphatic carbocycles. The van der Waals surface area contributed by atoms with Crippen molar-refractivity contribution < 1.29 is 19.0 Å². The molecule has 5 nitrogen and oxygen atoms in total. The van der Waals surface area contributed by atoms with Crippen molar-refractivity contribution in [3.8, 4) is 0 Å². The minimum atomic E-state index is -0.240. The van der Waals surface area contributed by atoms with Gasteiger partial charge in [-0.05, 0) is 44.5 Å². The molecule has 0 saturated heterocycles. The van der Waals surface area contributed by atoms with E-state index >= 15 is 0 Å². The van der Waals surface area contributed by atoms with Crippen LogP contribution in [0.4, 0.5) is 5.69 Å². The maximum absolute atomic E-state index is 12.7. The Labute approximate surface area is 184 Å². The second-order valence-electron chi connectivity index (χ2n) is 8.41. The lowest BCUT2D eigenvalue weighted by Gasteiger charge is -2.18. The number of carbonyl (C=O) groups is 3. The van der Waals surface area contributed by atoms with Gasteiger partial charge in [0.25, 0.3) is 11.8 Å². The van der Waals surface area contributed by atoms with E-state index < -0.39 is 0 Å². The lowest BCUT2D eigenvalue weighted by molar-refractivity contribution is -0.437. The molecule has 0 fully saturated rings. The van der Waals surface area contributed by atoms with Gasteiger partial charge in [-0.3, -0.25) is 19.3 Å². The van der Waals surface area contributed by atoms with Crippen LogP contribution in [0.1, 0.15) is 79.8 Å². The first-order valence-electron chi connectivity index (χ1n) is 10.9. The van der Waals surface area contributed by atoms with Crippen LogP contribution >= 0.6 is 0 Å². The van der Waals surface area contributed by atoms with Gasteiger partial charge in [0.2, 0.25) is 5.69 Å². The number of carbonyl (C=O) groups excluding carboxylic acids is 3. The number of ketones is 1. The Hall–Kier alpha value is -3.08. The maximum Gasteiger partial charge on any atom is 0.261 e. The van der Waals surface area contributed by atoms with Gasteiger partial charge in [0.05, 0.1) is 29.5 Å². The summed E-state index contributed by atoms with van der Waals surface area (Å²) in [4.78, 5) is 38.2. The molecule has 0 unspecified atom stereocenters. The predicted molar refractivity (Wildman–Crippen MR) is 122 cm³/mol. The highest BCUT2D eigenvalue weighted by Crippen LogP contribution is 2.40. The molecular formula is C26H31N2O3+. The Morgan fingerprint density at radius 3 is 2.13 bits per heavy atom. The van der Waals surface area contributed by atoms with E-state index in [2.05, 4.69) is 31.4 Å². The quantitative estimate of drug-likeness (QED) is 0.512. The van der Waals surface area contributed by atoms with E-state index in [4.69, 9.17) is 0 Å². The molecule has 2 heterocycles. The topological polar surface area (TPSA) is 57.5 Å². The largest absolute Gasteiger partial charge is 0.300 e. The number of Topliss-reactive ketones (excluding diaryl/α,β-unsaturated/α-hetero) is 1. The van der Waals surface area contributed by atoms with E-state index in [0.29, 0.717) is 24.1 Å². The van der Waals surface area contributed by atoms with Crippen LogP contribution in [-0.4, -0.2) is 39.3 Å². The maximum atomic E-state index is 12.7. The van der Waals surface area contributed by atoms with Crippen LogP contribution in [0.2, 0.25) is 0 Å². The Morgan fingerprint density at radius 1 is 1.00 bits per heavy atom. The zero-order valence-electron chi connectivity index (χ0n) is 19.3. The van der Waals surface area contributed by atoms with Crippen molar-refractivity contribution in [2.75, 3.05) is 6.54 Å². The van der Waals surface area contributed by atoms with Gasteiger partial charge in [-0.1, -0.05) is 32.0 Å². The molecule has 4 rings (SSSR count). The summed E-state index contributed by atoms with van der Waals surface area (Å²) >= 11 is 0. The van der Waals surface area contributed by atoms with Crippen molar-refractivity contribution in [2.45, 2.75) is 59.9 Å². The third-order valence-electron chi connectivity index (χ3n) is 6.24. The first-order valence-corrected chi connectivity index (χ1v) is 10.9. The van der Waals surface area contributed by atoms with Gasteiger partial charge in [-0.25, -0.2) is 0 Å². The van der Waals surface area contributed by atoms with Crippen molar-refractivity contribution in [2.24, 2.45) is 0 Å². The average Bonchev–Trinajstić information content (AvgIpc) is 3.11. The molecule has 31 heavy (non-hydrogen) atoms. The number of hydrogen-bond donors (Lipinski definition) is 0. The number of nitrogens with zero attached hydrogens (tertiary/aromatic N) is 2. The Morgan fingerprint density at radius 2 is 1.58 bits per heavy atom. The standard InChI is InChI=1S/C24H25N2O3.C2H6/c1-15(27)11-12-25-16(2)24(3,4)20-13-17(9-10-21(20)25)14-26-22(28)18-7-5-6-8-19(18)23(26)29;1-2/h5-10,13H,11-12,14H2,1-4H3;1-2H3/q+1;. The molecule has 0 atom stereocenters. The molecule has 162 valence electrons. The summed E-state index contributed by atoms with van der Waals surface area (Å²) in [6.45, 7) is 13.0. The van der Waals surface area contributed by atoms with Gasteiger partial charge >= 0.3 is 0 Å². The molecule has 0 spiro atoms. The summed E-state index contributed by atoms with van der Waals surface area (Å²) < 4.78 is 2.21. The minimum Gasteiger partial charge on any atom is -0.300 e. The lowest BCUT2D eigenvalue weighted by atomic mass is 9.81. The van der Waals surface area contributed by atoms with Crippen LogP contribution in [0, 0.1) is 0 Å². The Balaban J connectivity index is 0.00000132. The summed E-state index contributed by atoms with van der Waals surface area (Å²) in [6.07, 6.45) is 0.504. The van der Waals surface area contributed by atoms with Gasteiger partial charge < -0.3 is 0 Å². The fraction of sp³-hybridized carbons (Fsp3) is 0.385. The SMILES string of the molecule is CC.CC(=O)CC[N+]1=C(C)C(C)(C)c2cc(CN3C(=O)c4ccccc4C3=O)ccc21. The number of fused-ring (bicyclic) bond motifs is 2. The summed E-state index contributed by atoms with van der Waals surface area (Å²) in [5, 5.41) is 0. The normalized spacial score (nSPS) is 16.1. The zero-order valence-corrected chi connectivity index (χ0v) is 19.3. The molecule has 0 radical (unpaired) electrons. The highest BCUT2D eigenvalue weighted by atomic mass is 16.2. The third-order valence-corrected chi connectivity index (χ3v) is 6.24. The van der Waals surface area contributed by atoms with Gasteiger partial charge in [0.15, 0.2) is 12.3 Å². The summed E-state index contributed by atoms with van der Waals surface area (Å²) in [5.41, 5.74) is 5.15. The van der Waals surface area contributed by atoms with Crippen molar-refractivity contribution in [3.63, 3.8) is 0 Å². The Kier molecular flexibility index (Phi) is 6.25. The van der Waals surface area contributed by atoms with Gasteiger partial charge in [-0.15, -0.1) is 0 Å². The van der Waals surface area contributed by atoms with Gasteiger partial charge in [-0.2, -0.15) is 4.58 Å². The number of amides is 2. The van der Waals surface area contributed by atoms with E-state index in [1.54, 1.807) is 31.2 Å². The van der Waals surface area contributed by atoms with E-state index in [0.717, 1.165) is 16.8 Å². The molecule has 5 heteroatoms. The van der Waals surface area contributed by atoms with Crippen molar-refractivity contribution in [1.82, 2.24) is 4.90 Å². The lowest BCUT2D eigenvalue weighted by Crippen LogP contribution is -2.29. The molecule has 2 aliphatic heterocycles. The monoisotopic (exact) mass is 419 g/mol. The van der Waals surface area contributed by atoms with Crippen LogP contribution in [0.25, 0.3) is 0 Å². The molecule has 2 amide bonds. The van der Waals surface area contributed by atoms with Crippen LogP contribution < -0.4 is 0 Å². The summed E-state index contributed by atoms with van der Waals surface area (Å²) in [6, 6.07) is 13.1. The fourth-order valence-electron chi connectivity index (χ4n) is 4.25. The Bertz CT molecular complexity index is 1060. The summed E-state index contributed by atoms with van der Waals surface area (Å²) in [5.74, 6) is -0.307. The number of rotatable bonds is 5. The van der Waals surface area contributed by atoms with Crippen LogP contribution in [0.5, 0.6) is 0 Å². The molecule has 0 aromatic heterocycles. The van der Waals surface area contributed by atoms with Crippen LogP contribution in [0.3, 0.4) is 0 Å². The van der Waals surface area contributed by atoms with E-state index in [-0.39, 0.29) is 29.6 Å². The van der Waals surface area contributed by atoms with E-state index in [9.17, 15) is 14.4 Å². The van der Waals surface area contributed by atoms with Crippen molar-refractivity contribution in [1.29, 1.82) is 0 Å². The number of hydrogen-bond acceptors (Lipinski definition) is 3. The predicted octanol–water partition coefficient (Wildman–Crippen LogP) is 4.88. The molecule has 2 aliphatic rings. The molecular weight excluding hydrogens is 388 g/mol. The first kappa shape index (κ1) is 22.6. The fourth-order valence-corrected chi connectivity index (χ4v) is 4.25. The van der Waals surface area contributed by atoms with E-state index in [1.165, 1.54) is 10.6 Å². The zero-order chi connectivity index (χ0) is 22.9. The highest BCUT2D eigenvalue weighted by molar-refractivity contribution is 6.21. The molecule has 2 aromatic carbocycles. The highest BCUT2D eigenvalue weighted by Gasteiger charge is 2.43. The molecule has 0 saturated carbocycles. The second-order valence-corrected chi connectivity index (χ2v) is 8.41. The molecule has 0 bridgehead atoms. The molecule has 2 aromatic rings. The average molecular weight is 420 g/mol. The second kappa shape index (κ2) is 8.58. The van der Waals surface area contributed by atoms with Crippen molar-refractivity contribution in [3.05, 3.63) is 64.7 Å². The van der Waals surface area contributed by atoms with E-state index in [1.807, 2.05) is 26.0 Å². The van der Waals surface area contributed by atoms with Crippen LogP contribution in [0.15, 0.2) is 42.5 Å². The van der Waals surface area contributed by atoms with Crippen molar-refractivity contribution >= 4 is 29.0 Å². The molecule has 0 N–H and O–H groups in total. The smallest absolute Gasteiger partial charge is 0.261 e. The van der Waals surface area contributed by atoms with Gasteiger partial charge in [0, 0.05) is 18.6 Å². The first-order chi connectivity index (χ1) is 14.7. The number of benzene rings is 2. The van der Waals surface area contributed by atoms with Crippen LogP contribution in [-0.2, 0) is 16.8 Å². The minimum absolute atomic E-state index is 0.173.